The first kappa shape index (κ1) is 17.4. The van der Waals surface area contributed by atoms with Gasteiger partial charge in [0, 0.05) is 16.6 Å². The van der Waals surface area contributed by atoms with Crippen LogP contribution in [0, 0.1) is 0 Å². The van der Waals surface area contributed by atoms with Crippen LogP contribution in [0.3, 0.4) is 0 Å². The summed E-state index contributed by atoms with van der Waals surface area (Å²) < 4.78 is 0. The lowest BCUT2D eigenvalue weighted by atomic mass is 9.68. The van der Waals surface area contributed by atoms with Crippen molar-refractivity contribution in [1.82, 2.24) is 4.98 Å². The van der Waals surface area contributed by atoms with Gasteiger partial charge in [0.05, 0.1) is 11.1 Å². The maximum atomic E-state index is 6.78. The van der Waals surface area contributed by atoms with Crippen molar-refractivity contribution < 1.29 is 0 Å². The van der Waals surface area contributed by atoms with E-state index < -0.39 is 5.41 Å². The number of aromatic nitrogens is 1. The minimum absolute atomic E-state index is 0.501. The Balaban J connectivity index is 1.90. The van der Waals surface area contributed by atoms with Crippen LogP contribution < -0.4 is 0 Å². The molecule has 1 atom stereocenters. The second-order valence-electron chi connectivity index (χ2n) is 7.70. The fraction of sp³-hybridized carbons (Fsp3) is 0.0357. The maximum absolute atomic E-state index is 6.78. The third kappa shape index (κ3) is 2.21. The number of hydrogen-bond donors (Lipinski definition) is 0. The largest absolute Gasteiger partial charge is 0.260 e. The van der Waals surface area contributed by atoms with E-state index in [4.69, 9.17) is 16.6 Å². The molecule has 0 fully saturated rings. The molecule has 1 aliphatic rings. The molecule has 1 unspecified atom stereocenters. The van der Waals surface area contributed by atoms with Crippen LogP contribution in [0.15, 0.2) is 109 Å². The molecule has 1 aromatic heterocycles. The fourth-order valence-electron chi connectivity index (χ4n) is 5.11. The molecule has 0 N–H and O–H groups in total. The van der Waals surface area contributed by atoms with Crippen molar-refractivity contribution in [3.63, 3.8) is 0 Å². The molecular formula is C28H18ClN. The Kier molecular flexibility index (Phi) is 3.81. The highest BCUT2D eigenvalue weighted by molar-refractivity contribution is 6.36. The van der Waals surface area contributed by atoms with Gasteiger partial charge in [-0.1, -0.05) is 96.5 Å². The van der Waals surface area contributed by atoms with Crippen LogP contribution in [-0.2, 0) is 5.41 Å². The molecule has 5 aromatic rings. The molecule has 2 heteroatoms. The van der Waals surface area contributed by atoms with E-state index in [9.17, 15) is 0 Å². The molecule has 1 nitrogen and oxygen atoms in total. The first-order valence-electron chi connectivity index (χ1n) is 10.1. The molecule has 142 valence electrons. The second kappa shape index (κ2) is 6.55. The first-order chi connectivity index (χ1) is 14.8. The number of pyridine rings is 1. The van der Waals surface area contributed by atoms with E-state index in [-0.39, 0.29) is 0 Å². The summed E-state index contributed by atoms with van der Waals surface area (Å²) in [7, 11) is 0. The third-order valence-corrected chi connectivity index (χ3v) is 6.56. The number of hydrogen-bond acceptors (Lipinski definition) is 1. The predicted molar refractivity (Wildman–Crippen MR) is 124 cm³/mol. The van der Waals surface area contributed by atoms with E-state index >= 15 is 0 Å². The third-order valence-electron chi connectivity index (χ3n) is 6.25. The van der Waals surface area contributed by atoms with Crippen molar-refractivity contribution >= 4 is 22.4 Å². The fourth-order valence-corrected chi connectivity index (χ4v) is 5.39. The number of nitrogens with zero attached hydrogens (tertiary/aromatic N) is 1. The summed E-state index contributed by atoms with van der Waals surface area (Å²) in [5.41, 5.74) is 6.64. The predicted octanol–water partition coefficient (Wildman–Crippen LogP) is 7.25. The summed E-state index contributed by atoms with van der Waals surface area (Å²) in [6.07, 6.45) is 1.89. The number of fused-ring (bicyclic) bond motifs is 5. The number of halogens is 1. The summed E-state index contributed by atoms with van der Waals surface area (Å²) in [5.74, 6) is 0. The van der Waals surface area contributed by atoms with Crippen LogP contribution >= 0.6 is 11.6 Å². The van der Waals surface area contributed by atoms with Crippen LogP contribution in [0.1, 0.15) is 22.4 Å². The average Bonchev–Trinajstić information content (AvgIpc) is 3.12. The standard InChI is InChI=1S/C28H18ClN/c29-25-18-23-20-12-6-7-15-24(20)28(19-10-2-1-3-11-19,26-16-8-9-17-30-26)27(23)22-14-5-4-13-21(22)25/h1-18H. The molecule has 0 radical (unpaired) electrons. The molecule has 6 rings (SSSR count). The lowest BCUT2D eigenvalue weighted by Crippen LogP contribution is -2.30. The van der Waals surface area contributed by atoms with Gasteiger partial charge in [-0.2, -0.15) is 0 Å². The van der Waals surface area contributed by atoms with Gasteiger partial charge in [0.15, 0.2) is 0 Å². The van der Waals surface area contributed by atoms with Gasteiger partial charge in [-0.05, 0) is 51.4 Å². The highest BCUT2D eigenvalue weighted by atomic mass is 35.5. The normalized spacial score (nSPS) is 17.0. The van der Waals surface area contributed by atoms with Crippen molar-refractivity contribution in [3.8, 4) is 11.1 Å². The Bertz CT molecular complexity index is 1350. The van der Waals surface area contributed by atoms with E-state index in [1.165, 1.54) is 33.2 Å². The Morgan fingerprint density at radius 1 is 0.633 bits per heavy atom. The van der Waals surface area contributed by atoms with Gasteiger partial charge in [0.1, 0.15) is 0 Å². The lowest BCUT2D eigenvalue weighted by Gasteiger charge is -2.33. The van der Waals surface area contributed by atoms with Crippen molar-refractivity contribution in [1.29, 1.82) is 0 Å². The van der Waals surface area contributed by atoms with E-state index in [1.807, 2.05) is 18.3 Å². The van der Waals surface area contributed by atoms with E-state index in [0.717, 1.165) is 16.1 Å². The van der Waals surface area contributed by atoms with Crippen molar-refractivity contribution in [2.24, 2.45) is 0 Å². The Morgan fingerprint density at radius 2 is 1.33 bits per heavy atom. The quantitative estimate of drug-likeness (QED) is 0.296. The topological polar surface area (TPSA) is 12.9 Å². The highest BCUT2D eigenvalue weighted by Gasteiger charge is 2.48. The van der Waals surface area contributed by atoms with Gasteiger partial charge >= 0.3 is 0 Å². The minimum Gasteiger partial charge on any atom is -0.260 e. The van der Waals surface area contributed by atoms with Crippen molar-refractivity contribution in [2.75, 3.05) is 0 Å². The van der Waals surface area contributed by atoms with Crippen LogP contribution in [-0.4, -0.2) is 4.98 Å². The molecule has 0 aliphatic heterocycles. The Hall–Kier alpha value is -3.42. The van der Waals surface area contributed by atoms with Gasteiger partial charge in [-0.3, -0.25) is 4.98 Å². The first-order valence-corrected chi connectivity index (χ1v) is 10.5. The summed E-state index contributed by atoms with van der Waals surface area (Å²) in [5, 5.41) is 3.02. The SMILES string of the molecule is Clc1cc2c(c3ccccc13)C(c1ccccc1)(c1ccccn1)c1ccccc1-2. The van der Waals surface area contributed by atoms with Gasteiger partial charge in [-0.15, -0.1) is 0 Å². The minimum atomic E-state index is -0.501. The van der Waals surface area contributed by atoms with Gasteiger partial charge in [0.25, 0.3) is 0 Å². The lowest BCUT2D eigenvalue weighted by molar-refractivity contribution is 0.741. The monoisotopic (exact) mass is 403 g/mol. The Morgan fingerprint density at radius 3 is 2.13 bits per heavy atom. The highest BCUT2D eigenvalue weighted by Crippen LogP contribution is 2.58. The number of rotatable bonds is 2. The van der Waals surface area contributed by atoms with Gasteiger partial charge in [0.2, 0.25) is 0 Å². The molecule has 0 saturated carbocycles. The summed E-state index contributed by atoms with van der Waals surface area (Å²) in [4.78, 5) is 4.90. The Labute approximate surface area is 180 Å². The molecule has 4 aromatic carbocycles. The average molecular weight is 404 g/mol. The van der Waals surface area contributed by atoms with Crippen LogP contribution in [0.25, 0.3) is 21.9 Å². The summed E-state index contributed by atoms with van der Waals surface area (Å²) in [6.45, 7) is 0. The van der Waals surface area contributed by atoms with Gasteiger partial charge in [-0.25, -0.2) is 0 Å². The summed E-state index contributed by atoms with van der Waals surface area (Å²) >= 11 is 6.78. The molecule has 1 heterocycles. The molecule has 0 bridgehead atoms. The zero-order valence-electron chi connectivity index (χ0n) is 16.2. The smallest absolute Gasteiger partial charge is 0.0891 e. The maximum Gasteiger partial charge on any atom is 0.0891 e. The molecule has 0 amide bonds. The summed E-state index contributed by atoms with van der Waals surface area (Å²) in [6, 6.07) is 36.1. The van der Waals surface area contributed by atoms with Crippen LogP contribution in [0.4, 0.5) is 0 Å². The van der Waals surface area contributed by atoms with Crippen molar-refractivity contribution in [2.45, 2.75) is 5.41 Å². The molecular weight excluding hydrogens is 386 g/mol. The van der Waals surface area contributed by atoms with E-state index in [2.05, 4.69) is 91.0 Å². The second-order valence-corrected chi connectivity index (χ2v) is 8.11. The van der Waals surface area contributed by atoms with Gasteiger partial charge < -0.3 is 0 Å². The zero-order valence-corrected chi connectivity index (χ0v) is 17.0. The number of benzene rings is 4. The molecule has 0 spiro atoms. The van der Waals surface area contributed by atoms with Crippen LogP contribution in [0.5, 0.6) is 0 Å². The van der Waals surface area contributed by atoms with Crippen LogP contribution in [0.2, 0.25) is 5.02 Å². The zero-order chi connectivity index (χ0) is 20.1. The molecule has 1 aliphatic carbocycles. The van der Waals surface area contributed by atoms with E-state index in [1.54, 1.807) is 0 Å². The molecule has 30 heavy (non-hydrogen) atoms. The molecule has 0 saturated heterocycles. The van der Waals surface area contributed by atoms with E-state index in [0.29, 0.717) is 0 Å². The van der Waals surface area contributed by atoms with Crippen molar-refractivity contribution in [3.05, 3.63) is 137 Å².